The van der Waals surface area contributed by atoms with Crippen LogP contribution >= 0.6 is 0 Å². The molecule has 4 nitrogen and oxygen atoms in total. The molecule has 0 atom stereocenters. The zero-order valence-corrected chi connectivity index (χ0v) is 9.63. The number of carbonyl (C=O) groups is 1. The molecule has 0 saturated heterocycles. The van der Waals surface area contributed by atoms with E-state index in [1.54, 1.807) is 0 Å². The summed E-state index contributed by atoms with van der Waals surface area (Å²) in [4.78, 5) is 11.7. The number of aryl methyl sites for hydroxylation is 1. The summed E-state index contributed by atoms with van der Waals surface area (Å²) in [6.45, 7) is 7.93. The van der Waals surface area contributed by atoms with Gasteiger partial charge in [-0.15, -0.1) is 0 Å². The minimum Gasteiger partial charge on any atom is -0.351 e. The number of rotatable bonds is 4. The molecular weight excluding hydrogens is 190 g/mol. The van der Waals surface area contributed by atoms with Crippen molar-refractivity contribution in [1.29, 1.82) is 0 Å². The fourth-order valence-corrected chi connectivity index (χ4v) is 1.80. The second-order valence-electron chi connectivity index (χ2n) is 3.57. The summed E-state index contributed by atoms with van der Waals surface area (Å²) < 4.78 is 2.12. The van der Waals surface area contributed by atoms with Crippen LogP contribution in [0.3, 0.4) is 0 Å². The molecule has 0 saturated carbocycles. The van der Waals surface area contributed by atoms with Crippen molar-refractivity contribution in [1.82, 2.24) is 9.88 Å². The second kappa shape index (κ2) is 4.98. The molecule has 1 heterocycles. The van der Waals surface area contributed by atoms with Gasteiger partial charge in [0.15, 0.2) is 0 Å². The molecule has 0 fully saturated rings. The Bertz CT molecular complexity index is 355. The van der Waals surface area contributed by atoms with Gasteiger partial charge in [-0.05, 0) is 26.8 Å². The molecule has 0 aliphatic carbocycles. The summed E-state index contributed by atoms with van der Waals surface area (Å²) in [7, 11) is 0. The lowest BCUT2D eigenvalue weighted by atomic mass is 10.2. The molecule has 0 spiro atoms. The van der Waals surface area contributed by atoms with Gasteiger partial charge in [-0.1, -0.05) is 0 Å². The van der Waals surface area contributed by atoms with Gasteiger partial charge in [-0.3, -0.25) is 4.79 Å². The normalized spacial score (nSPS) is 10.4. The van der Waals surface area contributed by atoms with Gasteiger partial charge in [0.05, 0.1) is 5.56 Å². The first-order valence-corrected chi connectivity index (χ1v) is 5.26. The fourth-order valence-electron chi connectivity index (χ4n) is 1.80. The number of nitrogens with zero attached hydrogens (tertiary/aromatic N) is 1. The summed E-state index contributed by atoms with van der Waals surface area (Å²) in [5.74, 6) is -0.0340. The highest BCUT2D eigenvalue weighted by Crippen LogP contribution is 2.14. The van der Waals surface area contributed by atoms with E-state index in [0.717, 1.165) is 23.5 Å². The zero-order chi connectivity index (χ0) is 11.4. The van der Waals surface area contributed by atoms with Gasteiger partial charge in [-0.25, -0.2) is 0 Å². The van der Waals surface area contributed by atoms with Crippen LogP contribution in [-0.4, -0.2) is 23.6 Å². The molecule has 1 rings (SSSR count). The smallest absolute Gasteiger partial charge is 0.253 e. The van der Waals surface area contributed by atoms with E-state index in [9.17, 15) is 4.79 Å². The molecule has 0 aliphatic rings. The maximum atomic E-state index is 11.7. The first-order chi connectivity index (χ1) is 7.11. The van der Waals surface area contributed by atoms with E-state index < -0.39 is 0 Å². The van der Waals surface area contributed by atoms with Gasteiger partial charge >= 0.3 is 0 Å². The van der Waals surface area contributed by atoms with Gasteiger partial charge in [0.25, 0.3) is 5.91 Å². The van der Waals surface area contributed by atoms with Gasteiger partial charge < -0.3 is 15.6 Å². The van der Waals surface area contributed by atoms with Crippen molar-refractivity contribution < 1.29 is 4.79 Å². The molecule has 1 aromatic rings. The van der Waals surface area contributed by atoms with Crippen molar-refractivity contribution in [3.05, 3.63) is 23.0 Å². The minimum atomic E-state index is -0.0340. The van der Waals surface area contributed by atoms with E-state index in [4.69, 9.17) is 5.73 Å². The number of nitrogens with two attached hydrogens (primary N) is 1. The fraction of sp³-hybridized carbons (Fsp3) is 0.545. The first-order valence-electron chi connectivity index (χ1n) is 5.26. The van der Waals surface area contributed by atoms with Crippen LogP contribution in [0.25, 0.3) is 0 Å². The topological polar surface area (TPSA) is 60.0 Å². The Balaban J connectivity index is 2.90. The summed E-state index contributed by atoms with van der Waals surface area (Å²) in [6.07, 6.45) is 0. The molecule has 0 aliphatic heterocycles. The van der Waals surface area contributed by atoms with Crippen molar-refractivity contribution in [3.63, 3.8) is 0 Å². The lowest BCUT2D eigenvalue weighted by Crippen LogP contribution is -2.29. The first kappa shape index (κ1) is 11.8. The van der Waals surface area contributed by atoms with Crippen molar-refractivity contribution in [2.45, 2.75) is 27.3 Å². The molecule has 1 aromatic heterocycles. The van der Waals surface area contributed by atoms with Crippen LogP contribution in [0, 0.1) is 13.8 Å². The van der Waals surface area contributed by atoms with E-state index in [0.29, 0.717) is 13.1 Å². The maximum absolute atomic E-state index is 11.7. The van der Waals surface area contributed by atoms with Gasteiger partial charge in [0.2, 0.25) is 0 Å². The number of amides is 1. The van der Waals surface area contributed by atoms with Gasteiger partial charge in [-0.2, -0.15) is 0 Å². The van der Waals surface area contributed by atoms with Crippen LogP contribution in [0.15, 0.2) is 6.07 Å². The highest BCUT2D eigenvalue weighted by Gasteiger charge is 2.13. The lowest BCUT2D eigenvalue weighted by molar-refractivity contribution is 0.0954. The molecule has 0 bridgehead atoms. The SMILES string of the molecule is CCn1c(C)cc(C(=O)NCCN)c1C. The quantitative estimate of drug-likeness (QED) is 0.771. The Labute approximate surface area is 90.5 Å². The molecule has 4 heteroatoms. The van der Waals surface area contributed by atoms with Crippen LogP contribution in [-0.2, 0) is 6.54 Å². The summed E-state index contributed by atoms with van der Waals surface area (Å²) in [6, 6.07) is 1.92. The molecule has 84 valence electrons. The van der Waals surface area contributed by atoms with Crippen molar-refractivity contribution in [3.8, 4) is 0 Å². The Kier molecular flexibility index (Phi) is 3.91. The third-order valence-electron chi connectivity index (χ3n) is 2.56. The summed E-state index contributed by atoms with van der Waals surface area (Å²) in [5, 5.41) is 2.78. The van der Waals surface area contributed by atoms with Crippen molar-refractivity contribution in [2.75, 3.05) is 13.1 Å². The Morgan fingerprint density at radius 1 is 1.53 bits per heavy atom. The number of hydrogen-bond acceptors (Lipinski definition) is 2. The minimum absolute atomic E-state index is 0.0340. The number of hydrogen-bond donors (Lipinski definition) is 2. The van der Waals surface area contributed by atoms with E-state index in [1.807, 2.05) is 19.9 Å². The van der Waals surface area contributed by atoms with Gasteiger partial charge in [0.1, 0.15) is 0 Å². The van der Waals surface area contributed by atoms with Crippen LogP contribution in [0.1, 0.15) is 28.7 Å². The van der Waals surface area contributed by atoms with E-state index >= 15 is 0 Å². The zero-order valence-electron chi connectivity index (χ0n) is 9.63. The van der Waals surface area contributed by atoms with Gasteiger partial charge in [0, 0.05) is 31.0 Å². The van der Waals surface area contributed by atoms with E-state index in [-0.39, 0.29) is 5.91 Å². The highest BCUT2D eigenvalue weighted by atomic mass is 16.1. The Hall–Kier alpha value is -1.29. The van der Waals surface area contributed by atoms with Crippen molar-refractivity contribution in [2.24, 2.45) is 5.73 Å². The average molecular weight is 209 g/mol. The predicted octanol–water partition coefficient (Wildman–Crippen LogP) is 0.813. The van der Waals surface area contributed by atoms with Crippen LogP contribution in [0.4, 0.5) is 0 Å². The Morgan fingerprint density at radius 3 is 2.67 bits per heavy atom. The molecule has 0 aromatic carbocycles. The number of carbonyl (C=O) groups excluding carboxylic acids is 1. The molecule has 0 unspecified atom stereocenters. The second-order valence-corrected chi connectivity index (χ2v) is 3.57. The largest absolute Gasteiger partial charge is 0.351 e. The average Bonchev–Trinajstić information content (AvgIpc) is 2.50. The lowest BCUT2D eigenvalue weighted by Gasteiger charge is -2.06. The van der Waals surface area contributed by atoms with Crippen LogP contribution < -0.4 is 11.1 Å². The van der Waals surface area contributed by atoms with E-state index in [2.05, 4.69) is 16.8 Å². The molecule has 1 amide bonds. The standard InChI is InChI=1S/C11H19N3O/c1-4-14-8(2)7-10(9(14)3)11(15)13-6-5-12/h7H,4-6,12H2,1-3H3,(H,13,15). The third-order valence-corrected chi connectivity index (χ3v) is 2.56. The molecule has 0 radical (unpaired) electrons. The monoisotopic (exact) mass is 209 g/mol. The summed E-state index contributed by atoms with van der Waals surface area (Å²) in [5.41, 5.74) is 8.22. The Morgan fingerprint density at radius 2 is 2.20 bits per heavy atom. The van der Waals surface area contributed by atoms with E-state index in [1.165, 1.54) is 0 Å². The van der Waals surface area contributed by atoms with Crippen LogP contribution in [0.5, 0.6) is 0 Å². The number of aromatic nitrogens is 1. The third kappa shape index (κ3) is 2.39. The molecule has 3 N–H and O–H groups in total. The molecule has 15 heavy (non-hydrogen) atoms. The highest BCUT2D eigenvalue weighted by molar-refractivity contribution is 5.95. The predicted molar refractivity (Wildman–Crippen MR) is 61.0 cm³/mol. The summed E-state index contributed by atoms with van der Waals surface area (Å²) >= 11 is 0. The van der Waals surface area contributed by atoms with Crippen LogP contribution in [0.2, 0.25) is 0 Å². The number of nitrogens with one attached hydrogen (secondary N) is 1. The maximum Gasteiger partial charge on any atom is 0.253 e. The van der Waals surface area contributed by atoms with Crippen molar-refractivity contribution >= 4 is 5.91 Å². The molecular formula is C11H19N3O.